The fourth-order valence-corrected chi connectivity index (χ4v) is 4.15. The second kappa shape index (κ2) is 7.37. The highest BCUT2D eigenvalue weighted by molar-refractivity contribution is 6.31. The fourth-order valence-electron chi connectivity index (χ4n) is 3.99. The summed E-state index contributed by atoms with van der Waals surface area (Å²) in [6.07, 6.45) is 3.93. The standard InChI is InChI=1S/C22H20ClN5O/c23-16-5-6-18-20(12-16)25-14-26-22(18)28-9-7-27(8-10-28)21(29)11-15-13-24-19-4-2-1-3-17(15)19/h1-6,12-14,24H,7-11H2. The highest BCUT2D eigenvalue weighted by Gasteiger charge is 2.23. The van der Waals surface area contributed by atoms with Gasteiger partial charge in [-0.3, -0.25) is 4.79 Å². The zero-order chi connectivity index (χ0) is 19.8. The molecule has 7 heteroatoms. The number of hydrogen-bond donors (Lipinski definition) is 1. The van der Waals surface area contributed by atoms with Crippen LogP contribution in [0, 0.1) is 0 Å². The number of rotatable bonds is 3. The quantitative estimate of drug-likeness (QED) is 0.565. The Bertz CT molecular complexity index is 1200. The molecule has 0 spiro atoms. The van der Waals surface area contributed by atoms with Crippen LogP contribution >= 0.6 is 11.6 Å². The van der Waals surface area contributed by atoms with Crippen molar-refractivity contribution in [2.45, 2.75) is 6.42 Å². The zero-order valence-electron chi connectivity index (χ0n) is 15.8. The minimum atomic E-state index is 0.161. The van der Waals surface area contributed by atoms with Crippen LogP contribution in [0.1, 0.15) is 5.56 Å². The molecule has 0 saturated carbocycles. The maximum Gasteiger partial charge on any atom is 0.227 e. The molecule has 1 saturated heterocycles. The van der Waals surface area contributed by atoms with Gasteiger partial charge in [0.15, 0.2) is 0 Å². The van der Waals surface area contributed by atoms with E-state index in [1.165, 1.54) is 0 Å². The number of anilines is 1. The Kier molecular flexibility index (Phi) is 4.56. The van der Waals surface area contributed by atoms with Crippen LogP contribution < -0.4 is 4.90 Å². The van der Waals surface area contributed by atoms with Crippen molar-refractivity contribution in [2.24, 2.45) is 0 Å². The third kappa shape index (κ3) is 3.40. The predicted octanol–water partition coefficient (Wildman–Crippen LogP) is 3.66. The lowest BCUT2D eigenvalue weighted by Crippen LogP contribution is -2.49. The number of nitrogens with one attached hydrogen (secondary N) is 1. The predicted molar refractivity (Wildman–Crippen MR) is 115 cm³/mol. The largest absolute Gasteiger partial charge is 0.361 e. The zero-order valence-corrected chi connectivity index (χ0v) is 16.6. The molecule has 1 aliphatic heterocycles. The number of amides is 1. The minimum Gasteiger partial charge on any atom is -0.361 e. The van der Waals surface area contributed by atoms with Gasteiger partial charge in [0.1, 0.15) is 12.1 Å². The smallest absolute Gasteiger partial charge is 0.227 e. The topological polar surface area (TPSA) is 65.1 Å². The lowest BCUT2D eigenvalue weighted by atomic mass is 10.1. The number of hydrogen-bond acceptors (Lipinski definition) is 4. The van der Waals surface area contributed by atoms with E-state index in [-0.39, 0.29) is 5.91 Å². The van der Waals surface area contributed by atoms with Crippen molar-refractivity contribution >= 4 is 45.1 Å². The molecule has 3 heterocycles. The molecular weight excluding hydrogens is 386 g/mol. The average Bonchev–Trinajstić information content (AvgIpc) is 3.16. The van der Waals surface area contributed by atoms with E-state index in [0.29, 0.717) is 24.5 Å². The van der Waals surface area contributed by atoms with Gasteiger partial charge in [0, 0.05) is 53.7 Å². The van der Waals surface area contributed by atoms with E-state index >= 15 is 0 Å². The fraction of sp³-hybridized carbons (Fsp3) is 0.227. The van der Waals surface area contributed by atoms with E-state index in [9.17, 15) is 4.79 Å². The lowest BCUT2D eigenvalue weighted by Gasteiger charge is -2.35. The number of halogens is 1. The van der Waals surface area contributed by atoms with Crippen LogP contribution in [0.3, 0.4) is 0 Å². The second-order valence-electron chi connectivity index (χ2n) is 7.26. The van der Waals surface area contributed by atoms with Crippen LogP contribution in [0.25, 0.3) is 21.8 Å². The van der Waals surface area contributed by atoms with Crippen LogP contribution in [0.15, 0.2) is 55.0 Å². The van der Waals surface area contributed by atoms with Gasteiger partial charge in [-0.25, -0.2) is 9.97 Å². The summed E-state index contributed by atoms with van der Waals surface area (Å²) in [5.41, 5.74) is 2.95. The van der Waals surface area contributed by atoms with Gasteiger partial charge in [0.05, 0.1) is 11.9 Å². The van der Waals surface area contributed by atoms with Gasteiger partial charge >= 0.3 is 0 Å². The van der Waals surface area contributed by atoms with Crippen molar-refractivity contribution in [1.29, 1.82) is 0 Å². The molecule has 0 aliphatic carbocycles. The van der Waals surface area contributed by atoms with Crippen molar-refractivity contribution in [3.8, 4) is 0 Å². The van der Waals surface area contributed by atoms with Crippen molar-refractivity contribution in [1.82, 2.24) is 19.9 Å². The molecule has 6 nitrogen and oxygen atoms in total. The number of aromatic nitrogens is 3. The van der Waals surface area contributed by atoms with Crippen molar-refractivity contribution in [2.75, 3.05) is 31.1 Å². The Labute approximate surface area is 173 Å². The molecule has 1 fully saturated rings. The molecular formula is C22H20ClN5O. The minimum absolute atomic E-state index is 0.161. The SMILES string of the molecule is O=C(Cc1c[nH]c2ccccc12)N1CCN(c2ncnc3cc(Cl)ccc23)CC1. The van der Waals surface area contributed by atoms with Crippen molar-refractivity contribution in [3.05, 3.63) is 65.6 Å². The molecule has 0 radical (unpaired) electrons. The number of para-hydroxylation sites is 1. The lowest BCUT2D eigenvalue weighted by molar-refractivity contribution is -0.130. The van der Waals surface area contributed by atoms with Gasteiger partial charge < -0.3 is 14.8 Å². The van der Waals surface area contributed by atoms with Crippen molar-refractivity contribution in [3.63, 3.8) is 0 Å². The number of fused-ring (bicyclic) bond motifs is 2. The average molecular weight is 406 g/mol. The summed E-state index contributed by atoms with van der Waals surface area (Å²) in [5, 5.41) is 2.76. The van der Waals surface area contributed by atoms with E-state index < -0.39 is 0 Å². The Morgan fingerprint density at radius 2 is 1.86 bits per heavy atom. The van der Waals surface area contributed by atoms with Gasteiger partial charge in [-0.05, 0) is 29.8 Å². The summed E-state index contributed by atoms with van der Waals surface area (Å²) < 4.78 is 0. The highest BCUT2D eigenvalue weighted by Crippen LogP contribution is 2.26. The number of carbonyl (C=O) groups is 1. The summed E-state index contributed by atoms with van der Waals surface area (Å²) in [6, 6.07) is 13.7. The summed E-state index contributed by atoms with van der Waals surface area (Å²) in [7, 11) is 0. The molecule has 29 heavy (non-hydrogen) atoms. The van der Waals surface area contributed by atoms with E-state index in [1.54, 1.807) is 6.33 Å². The molecule has 4 aromatic rings. The second-order valence-corrected chi connectivity index (χ2v) is 7.70. The summed E-state index contributed by atoms with van der Waals surface area (Å²) in [6.45, 7) is 2.85. The number of H-pyrrole nitrogens is 1. The number of aromatic amines is 1. The maximum absolute atomic E-state index is 12.9. The Morgan fingerprint density at radius 1 is 1.03 bits per heavy atom. The number of nitrogens with zero attached hydrogens (tertiary/aromatic N) is 4. The third-order valence-electron chi connectivity index (χ3n) is 5.53. The molecule has 1 N–H and O–H groups in total. The molecule has 2 aromatic carbocycles. The summed E-state index contributed by atoms with van der Waals surface area (Å²) in [5.74, 6) is 1.06. The van der Waals surface area contributed by atoms with E-state index in [0.717, 1.165) is 46.3 Å². The Hall–Kier alpha value is -3.12. The van der Waals surface area contributed by atoms with Crippen LogP contribution in [-0.4, -0.2) is 51.9 Å². The first kappa shape index (κ1) is 17.9. The highest BCUT2D eigenvalue weighted by atomic mass is 35.5. The van der Waals surface area contributed by atoms with Crippen molar-refractivity contribution < 1.29 is 4.79 Å². The maximum atomic E-state index is 12.9. The van der Waals surface area contributed by atoms with Crippen LogP contribution in [0.4, 0.5) is 5.82 Å². The first-order valence-electron chi connectivity index (χ1n) is 9.67. The van der Waals surface area contributed by atoms with Crippen LogP contribution in [0.5, 0.6) is 0 Å². The van der Waals surface area contributed by atoms with E-state index in [2.05, 4.69) is 25.9 Å². The van der Waals surface area contributed by atoms with Crippen LogP contribution in [0.2, 0.25) is 5.02 Å². The van der Waals surface area contributed by atoms with Gasteiger partial charge in [-0.15, -0.1) is 0 Å². The molecule has 0 atom stereocenters. The molecule has 5 rings (SSSR count). The third-order valence-corrected chi connectivity index (χ3v) is 5.76. The monoisotopic (exact) mass is 405 g/mol. The van der Waals surface area contributed by atoms with Crippen LogP contribution in [-0.2, 0) is 11.2 Å². The summed E-state index contributed by atoms with van der Waals surface area (Å²) >= 11 is 6.08. The molecule has 0 unspecified atom stereocenters. The molecule has 1 amide bonds. The number of piperazine rings is 1. The molecule has 0 bridgehead atoms. The van der Waals surface area contributed by atoms with E-state index in [1.807, 2.05) is 47.5 Å². The number of benzene rings is 2. The molecule has 2 aromatic heterocycles. The Balaban J connectivity index is 1.29. The first-order chi connectivity index (χ1) is 14.2. The number of carbonyl (C=O) groups excluding carboxylic acids is 1. The van der Waals surface area contributed by atoms with Gasteiger partial charge in [0.25, 0.3) is 0 Å². The molecule has 146 valence electrons. The Morgan fingerprint density at radius 3 is 2.72 bits per heavy atom. The van der Waals surface area contributed by atoms with E-state index in [4.69, 9.17) is 11.6 Å². The first-order valence-corrected chi connectivity index (χ1v) is 10.0. The van der Waals surface area contributed by atoms with Gasteiger partial charge in [0.2, 0.25) is 5.91 Å². The van der Waals surface area contributed by atoms with Gasteiger partial charge in [-0.2, -0.15) is 0 Å². The van der Waals surface area contributed by atoms with Gasteiger partial charge in [-0.1, -0.05) is 29.8 Å². The molecule has 1 aliphatic rings. The summed E-state index contributed by atoms with van der Waals surface area (Å²) in [4.78, 5) is 29.1. The normalized spacial score (nSPS) is 14.7.